The number of morpholine rings is 1. The Morgan fingerprint density at radius 2 is 2.32 bits per heavy atom. The first-order chi connectivity index (χ1) is 12.2. The Bertz CT molecular complexity index is 674. The molecule has 3 heterocycles. The van der Waals surface area contributed by atoms with E-state index in [0.29, 0.717) is 26.1 Å². The lowest BCUT2D eigenvalue weighted by molar-refractivity contribution is -0.139. The summed E-state index contributed by atoms with van der Waals surface area (Å²) >= 11 is 0. The smallest absolute Gasteiger partial charge is 0.222 e. The Morgan fingerprint density at radius 3 is 3.12 bits per heavy atom. The highest BCUT2D eigenvalue weighted by Crippen LogP contribution is 2.13. The second-order valence-corrected chi connectivity index (χ2v) is 6.39. The largest absolute Gasteiger partial charge is 0.375 e. The Balaban J connectivity index is 1.41. The highest BCUT2D eigenvalue weighted by atomic mass is 16.5. The van der Waals surface area contributed by atoms with Crippen LogP contribution in [-0.4, -0.2) is 56.4 Å². The van der Waals surface area contributed by atoms with Crippen LogP contribution in [0.15, 0.2) is 30.9 Å². The first-order valence-electron chi connectivity index (χ1n) is 8.85. The highest BCUT2D eigenvalue weighted by Gasteiger charge is 2.23. The van der Waals surface area contributed by atoms with E-state index in [1.807, 2.05) is 34.8 Å². The maximum Gasteiger partial charge on any atom is 0.222 e. The summed E-state index contributed by atoms with van der Waals surface area (Å²) in [5.74, 6) is 0.207. The summed E-state index contributed by atoms with van der Waals surface area (Å²) in [4.78, 5) is 22.7. The molecule has 0 spiro atoms. The normalized spacial score (nSPS) is 17.6. The van der Waals surface area contributed by atoms with Crippen molar-refractivity contribution in [3.63, 3.8) is 0 Å². The third kappa shape index (κ3) is 5.35. The molecule has 134 valence electrons. The van der Waals surface area contributed by atoms with Gasteiger partial charge in [0, 0.05) is 49.8 Å². The van der Waals surface area contributed by atoms with E-state index in [1.54, 1.807) is 12.5 Å². The molecule has 25 heavy (non-hydrogen) atoms. The maximum absolute atomic E-state index is 12.4. The summed E-state index contributed by atoms with van der Waals surface area (Å²) in [6.07, 6.45) is 8.43. The number of rotatable bonds is 7. The molecule has 0 radical (unpaired) electrons. The molecular weight excluding hydrogens is 318 g/mol. The van der Waals surface area contributed by atoms with Gasteiger partial charge in [-0.2, -0.15) is 5.10 Å². The van der Waals surface area contributed by atoms with Crippen LogP contribution < -0.4 is 0 Å². The lowest BCUT2D eigenvalue weighted by atomic mass is 10.1. The minimum Gasteiger partial charge on any atom is -0.375 e. The van der Waals surface area contributed by atoms with Crippen LogP contribution in [0.1, 0.15) is 30.7 Å². The van der Waals surface area contributed by atoms with Crippen LogP contribution in [0.3, 0.4) is 0 Å². The van der Waals surface area contributed by atoms with Crippen molar-refractivity contribution >= 4 is 5.91 Å². The third-order valence-corrected chi connectivity index (χ3v) is 4.41. The van der Waals surface area contributed by atoms with Crippen LogP contribution >= 0.6 is 0 Å². The van der Waals surface area contributed by atoms with Crippen molar-refractivity contribution in [2.24, 2.45) is 0 Å². The summed E-state index contributed by atoms with van der Waals surface area (Å²) in [6.45, 7) is 4.71. The number of nitrogens with zero attached hydrogens (tertiary/aromatic N) is 5. The minimum absolute atomic E-state index is 0.0825. The first-order valence-corrected chi connectivity index (χ1v) is 8.85. The fourth-order valence-corrected chi connectivity index (χ4v) is 3.06. The van der Waals surface area contributed by atoms with Crippen LogP contribution in [-0.2, 0) is 22.5 Å². The van der Waals surface area contributed by atoms with Crippen LogP contribution in [0.4, 0.5) is 0 Å². The van der Waals surface area contributed by atoms with E-state index in [9.17, 15) is 4.79 Å². The number of ether oxygens (including phenoxy) is 1. The summed E-state index contributed by atoms with van der Waals surface area (Å²) in [6, 6.07) is 3.90. The molecule has 2 aromatic rings. The molecule has 1 amide bonds. The molecule has 1 fully saturated rings. The van der Waals surface area contributed by atoms with E-state index in [4.69, 9.17) is 4.74 Å². The molecule has 0 aromatic carbocycles. The Kier molecular flexibility index (Phi) is 6.11. The summed E-state index contributed by atoms with van der Waals surface area (Å²) in [7, 11) is 0. The van der Waals surface area contributed by atoms with E-state index in [-0.39, 0.29) is 12.0 Å². The molecule has 3 rings (SSSR count). The maximum atomic E-state index is 12.4. The molecule has 0 N–H and O–H groups in total. The van der Waals surface area contributed by atoms with E-state index >= 15 is 0 Å². The lowest BCUT2D eigenvalue weighted by Gasteiger charge is -2.33. The van der Waals surface area contributed by atoms with Gasteiger partial charge in [-0.25, -0.2) is 9.97 Å². The van der Waals surface area contributed by atoms with Crippen LogP contribution in [0.5, 0.6) is 0 Å². The van der Waals surface area contributed by atoms with Crippen molar-refractivity contribution in [3.8, 4) is 0 Å². The van der Waals surface area contributed by atoms with Gasteiger partial charge in [0.05, 0.1) is 12.7 Å². The molecule has 7 heteroatoms. The molecule has 0 aliphatic carbocycles. The molecule has 1 saturated heterocycles. The number of hydrogen-bond acceptors (Lipinski definition) is 5. The average molecular weight is 343 g/mol. The third-order valence-electron chi connectivity index (χ3n) is 4.41. The van der Waals surface area contributed by atoms with Gasteiger partial charge in [-0.15, -0.1) is 0 Å². The Morgan fingerprint density at radius 1 is 1.40 bits per heavy atom. The van der Waals surface area contributed by atoms with Crippen molar-refractivity contribution in [2.75, 3.05) is 19.7 Å². The number of aromatic nitrogens is 4. The molecule has 7 nitrogen and oxygen atoms in total. The second-order valence-electron chi connectivity index (χ2n) is 6.39. The van der Waals surface area contributed by atoms with Gasteiger partial charge in [0.1, 0.15) is 6.33 Å². The first kappa shape index (κ1) is 17.5. The molecule has 0 saturated carbocycles. The quantitative estimate of drug-likeness (QED) is 0.764. The molecule has 1 aliphatic rings. The van der Waals surface area contributed by atoms with Crippen molar-refractivity contribution in [3.05, 3.63) is 42.2 Å². The average Bonchev–Trinajstić information content (AvgIpc) is 3.14. The van der Waals surface area contributed by atoms with Gasteiger partial charge in [-0.1, -0.05) is 0 Å². The van der Waals surface area contributed by atoms with Crippen LogP contribution in [0.25, 0.3) is 0 Å². The predicted molar refractivity (Wildman–Crippen MR) is 92.9 cm³/mol. The zero-order chi connectivity index (χ0) is 17.5. The van der Waals surface area contributed by atoms with Crippen molar-refractivity contribution in [2.45, 2.75) is 45.3 Å². The molecule has 0 bridgehead atoms. The van der Waals surface area contributed by atoms with Crippen LogP contribution in [0, 0.1) is 6.92 Å². The predicted octanol–water partition coefficient (Wildman–Crippen LogP) is 1.62. The van der Waals surface area contributed by atoms with E-state index in [2.05, 4.69) is 15.1 Å². The summed E-state index contributed by atoms with van der Waals surface area (Å²) < 4.78 is 7.68. The topological polar surface area (TPSA) is 73.1 Å². The lowest BCUT2D eigenvalue weighted by Crippen LogP contribution is -2.45. The number of aryl methyl sites for hydroxylation is 3. The Labute approximate surface area is 148 Å². The molecular formula is C18H25N5O2. The zero-order valence-corrected chi connectivity index (χ0v) is 14.7. The van der Waals surface area contributed by atoms with Crippen molar-refractivity contribution < 1.29 is 9.53 Å². The van der Waals surface area contributed by atoms with Gasteiger partial charge in [0.2, 0.25) is 5.91 Å². The molecule has 2 aromatic heterocycles. The van der Waals surface area contributed by atoms with Crippen molar-refractivity contribution in [1.29, 1.82) is 0 Å². The highest BCUT2D eigenvalue weighted by molar-refractivity contribution is 5.76. The second kappa shape index (κ2) is 8.71. The van der Waals surface area contributed by atoms with Gasteiger partial charge >= 0.3 is 0 Å². The van der Waals surface area contributed by atoms with Gasteiger partial charge in [0.15, 0.2) is 0 Å². The standard InChI is InChI=1S/C18H25N5O2/c1-15-12-16(20-14-19-15)5-6-17-13-22(10-11-25-17)18(24)4-2-8-23-9-3-7-21-23/h3,7,9,12,14,17H,2,4-6,8,10-11,13H2,1H3/t17-/m1/s1. The number of carbonyl (C=O) groups excluding carboxylic acids is 1. The van der Waals surface area contributed by atoms with Gasteiger partial charge < -0.3 is 9.64 Å². The van der Waals surface area contributed by atoms with Gasteiger partial charge in [-0.3, -0.25) is 9.48 Å². The summed E-state index contributed by atoms with van der Waals surface area (Å²) in [5.41, 5.74) is 2.00. The van der Waals surface area contributed by atoms with E-state index in [1.165, 1.54) is 0 Å². The van der Waals surface area contributed by atoms with Crippen LogP contribution in [0.2, 0.25) is 0 Å². The zero-order valence-electron chi connectivity index (χ0n) is 14.7. The summed E-state index contributed by atoms with van der Waals surface area (Å²) in [5, 5.41) is 4.16. The fraction of sp³-hybridized carbons (Fsp3) is 0.556. The van der Waals surface area contributed by atoms with Gasteiger partial charge in [-0.05, 0) is 38.3 Å². The minimum atomic E-state index is 0.0825. The molecule has 0 unspecified atom stereocenters. The molecule has 1 atom stereocenters. The molecule has 1 aliphatic heterocycles. The van der Waals surface area contributed by atoms with Crippen molar-refractivity contribution in [1.82, 2.24) is 24.6 Å². The Hall–Kier alpha value is -2.28. The van der Waals surface area contributed by atoms with E-state index in [0.717, 1.165) is 37.2 Å². The monoisotopic (exact) mass is 343 g/mol. The number of hydrogen-bond donors (Lipinski definition) is 0. The SMILES string of the molecule is Cc1cc(CC[C@@H]2CN(C(=O)CCCn3cccn3)CCO2)ncn1. The van der Waals surface area contributed by atoms with E-state index < -0.39 is 0 Å². The number of amides is 1. The van der Waals surface area contributed by atoms with Gasteiger partial charge in [0.25, 0.3) is 0 Å². The number of carbonyl (C=O) groups is 1. The fourth-order valence-electron chi connectivity index (χ4n) is 3.06.